The van der Waals surface area contributed by atoms with Crippen molar-refractivity contribution in [3.8, 4) is 0 Å². The number of carbonyl (C=O) groups excluding carboxylic acids is 2. The third kappa shape index (κ3) is 3.50. The summed E-state index contributed by atoms with van der Waals surface area (Å²) in [4.78, 5) is 25.1. The van der Waals surface area contributed by atoms with Crippen LogP contribution >= 0.6 is 0 Å². The van der Waals surface area contributed by atoms with Crippen LogP contribution in [0.3, 0.4) is 0 Å². The molecule has 0 aromatic rings. The van der Waals surface area contributed by atoms with Gasteiger partial charge in [-0.15, -0.1) is 0 Å². The summed E-state index contributed by atoms with van der Waals surface area (Å²) in [6.45, 7) is -0.384. The number of nitrogens with zero attached hydrogens (tertiary/aromatic N) is 1. The van der Waals surface area contributed by atoms with E-state index in [-0.39, 0.29) is 13.2 Å². The Balaban J connectivity index is 2.07. The summed E-state index contributed by atoms with van der Waals surface area (Å²) in [7, 11) is 1.44. The zero-order chi connectivity index (χ0) is 17.9. The second kappa shape index (κ2) is 7.42. The van der Waals surface area contributed by atoms with Crippen LogP contribution in [0.2, 0.25) is 0 Å². The quantitative estimate of drug-likeness (QED) is 0.246. The molecule has 1 saturated heterocycles. The number of hydrogen-bond acceptors (Lipinski definition) is 9. The van der Waals surface area contributed by atoms with Crippen molar-refractivity contribution in [2.75, 3.05) is 26.9 Å². The molecule has 0 aromatic heterocycles. The Hall–Kier alpha value is -1.76. The molecule has 11 heteroatoms. The number of amides is 2. The van der Waals surface area contributed by atoms with E-state index in [2.05, 4.69) is 5.32 Å². The van der Waals surface area contributed by atoms with Crippen molar-refractivity contribution in [3.63, 3.8) is 0 Å². The number of esters is 1. The van der Waals surface area contributed by atoms with Crippen LogP contribution in [-0.2, 0) is 19.0 Å². The van der Waals surface area contributed by atoms with Gasteiger partial charge in [0.25, 0.3) is 0 Å². The summed E-state index contributed by atoms with van der Waals surface area (Å²) in [6, 6.07) is -0.835. The zero-order valence-electron chi connectivity index (χ0n) is 13.0. The largest absolute Gasteiger partial charge is 0.460 e. The number of carbonyl (C=O) groups is 2. The molecule has 1 unspecified atom stereocenters. The molecule has 2 rings (SSSR count). The first-order valence-electron chi connectivity index (χ1n) is 7.21. The Bertz CT molecular complexity index is 515. The Labute approximate surface area is 137 Å². The maximum Gasteiger partial charge on any atom is 0.351 e. The molecule has 24 heavy (non-hydrogen) atoms. The van der Waals surface area contributed by atoms with Crippen molar-refractivity contribution in [3.05, 3.63) is 12.3 Å². The van der Waals surface area contributed by atoms with E-state index in [1.54, 1.807) is 0 Å². The average molecular weight is 347 g/mol. The molecule has 2 heterocycles. The second-order valence-corrected chi connectivity index (χ2v) is 5.38. The van der Waals surface area contributed by atoms with Crippen molar-refractivity contribution < 1.29 is 39.1 Å². The smallest absolute Gasteiger partial charge is 0.351 e. The highest BCUT2D eigenvalue weighted by atomic mass is 16.6. The first kappa shape index (κ1) is 18.6. The van der Waals surface area contributed by atoms with Gasteiger partial charge in [-0.05, 0) is 6.08 Å². The Morgan fingerprint density at radius 3 is 2.71 bits per heavy atom. The van der Waals surface area contributed by atoms with Gasteiger partial charge in [0.1, 0.15) is 24.9 Å². The summed E-state index contributed by atoms with van der Waals surface area (Å²) < 4.78 is 14.9. The summed E-state index contributed by atoms with van der Waals surface area (Å²) in [5.41, 5.74) is 3.92. The van der Waals surface area contributed by atoms with Crippen molar-refractivity contribution in [2.24, 2.45) is 5.73 Å². The van der Waals surface area contributed by atoms with Crippen LogP contribution < -0.4 is 11.1 Å². The lowest BCUT2D eigenvalue weighted by molar-refractivity contribution is -0.150. The summed E-state index contributed by atoms with van der Waals surface area (Å²) in [5.74, 6) is -0.884. The predicted octanol–water partition coefficient (Wildman–Crippen LogP) is -3.19. The number of rotatable bonds is 6. The monoisotopic (exact) mass is 347 g/mol. The fourth-order valence-electron chi connectivity index (χ4n) is 2.32. The molecular formula is C13H21N3O8. The molecule has 2 amide bonds. The number of urea groups is 1. The molecule has 0 spiro atoms. The van der Waals surface area contributed by atoms with E-state index in [1.807, 2.05) is 0 Å². The molecule has 0 saturated carbocycles. The Morgan fingerprint density at radius 1 is 1.46 bits per heavy atom. The van der Waals surface area contributed by atoms with Gasteiger partial charge in [0.15, 0.2) is 6.23 Å². The van der Waals surface area contributed by atoms with Gasteiger partial charge in [0.05, 0.1) is 13.2 Å². The first-order chi connectivity index (χ1) is 11.3. The molecule has 2 aliphatic rings. The van der Waals surface area contributed by atoms with Crippen LogP contribution in [-0.4, -0.2) is 89.4 Å². The Kier molecular flexibility index (Phi) is 5.74. The van der Waals surface area contributed by atoms with Crippen LogP contribution in [0, 0.1) is 0 Å². The highest BCUT2D eigenvalue weighted by Crippen LogP contribution is 2.26. The first-order valence-corrected chi connectivity index (χ1v) is 7.21. The predicted molar refractivity (Wildman–Crippen MR) is 77.0 cm³/mol. The molecular weight excluding hydrogens is 326 g/mol. The summed E-state index contributed by atoms with van der Waals surface area (Å²) >= 11 is 0. The van der Waals surface area contributed by atoms with Crippen molar-refractivity contribution >= 4 is 12.0 Å². The third-order valence-electron chi connectivity index (χ3n) is 3.70. The standard InChI is InChI=1S/C13H21N3O8/c1-22-4-5-23-11(20)13(14)2-3-16(12(21)15-13)10-9(19)8(18)7(6-17)24-10/h2-3,7-10,17-19H,4-6,14H2,1H3,(H,15,21)/t7-,8-,9-,10-,13?/m1/s1. The molecule has 0 aliphatic carbocycles. The van der Waals surface area contributed by atoms with Gasteiger partial charge in [-0.25, -0.2) is 9.59 Å². The van der Waals surface area contributed by atoms with E-state index in [0.717, 1.165) is 17.2 Å². The minimum atomic E-state index is -1.88. The fraction of sp³-hybridized carbons (Fsp3) is 0.692. The zero-order valence-corrected chi connectivity index (χ0v) is 13.0. The Morgan fingerprint density at radius 2 is 2.17 bits per heavy atom. The van der Waals surface area contributed by atoms with E-state index < -0.39 is 48.8 Å². The maximum absolute atomic E-state index is 12.2. The minimum absolute atomic E-state index is 0.0312. The van der Waals surface area contributed by atoms with Crippen molar-refractivity contribution in [1.29, 1.82) is 0 Å². The number of hydrogen-bond donors (Lipinski definition) is 5. The lowest BCUT2D eigenvalue weighted by Gasteiger charge is -2.36. The summed E-state index contributed by atoms with van der Waals surface area (Å²) in [6.07, 6.45) is -2.74. The number of nitrogens with two attached hydrogens (primary N) is 1. The number of aliphatic hydroxyl groups excluding tert-OH is 3. The van der Waals surface area contributed by atoms with Gasteiger partial charge in [-0.3, -0.25) is 10.6 Å². The lowest BCUT2D eigenvalue weighted by atomic mass is 10.1. The molecule has 2 aliphatic heterocycles. The number of methoxy groups -OCH3 is 1. The number of ether oxygens (including phenoxy) is 3. The van der Waals surface area contributed by atoms with E-state index in [4.69, 9.17) is 25.1 Å². The molecule has 136 valence electrons. The topological polar surface area (TPSA) is 164 Å². The van der Waals surface area contributed by atoms with E-state index in [0.29, 0.717) is 0 Å². The van der Waals surface area contributed by atoms with E-state index in [1.165, 1.54) is 7.11 Å². The van der Waals surface area contributed by atoms with Crippen LogP contribution in [0.5, 0.6) is 0 Å². The molecule has 1 fully saturated rings. The second-order valence-electron chi connectivity index (χ2n) is 5.38. The molecule has 5 atom stereocenters. The fourth-order valence-corrected chi connectivity index (χ4v) is 2.32. The third-order valence-corrected chi connectivity index (χ3v) is 3.70. The van der Waals surface area contributed by atoms with Crippen LogP contribution in [0.15, 0.2) is 12.3 Å². The van der Waals surface area contributed by atoms with Crippen LogP contribution in [0.4, 0.5) is 4.79 Å². The molecule has 0 aromatic carbocycles. The van der Waals surface area contributed by atoms with Gasteiger partial charge in [0, 0.05) is 13.3 Å². The normalized spacial score (nSPS) is 35.9. The number of aliphatic hydroxyl groups is 3. The van der Waals surface area contributed by atoms with Gasteiger partial charge in [-0.1, -0.05) is 0 Å². The summed E-state index contributed by atoms with van der Waals surface area (Å²) in [5, 5.41) is 31.0. The van der Waals surface area contributed by atoms with Gasteiger partial charge in [-0.2, -0.15) is 0 Å². The van der Waals surface area contributed by atoms with E-state index in [9.17, 15) is 19.8 Å². The number of nitrogens with one attached hydrogen (secondary N) is 1. The molecule has 11 nitrogen and oxygen atoms in total. The highest BCUT2D eigenvalue weighted by Gasteiger charge is 2.49. The lowest BCUT2D eigenvalue weighted by Crippen LogP contribution is -2.66. The van der Waals surface area contributed by atoms with Crippen LogP contribution in [0.1, 0.15) is 0 Å². The maximum atomic E-state index is 12.2. The molecule has 0 radical (unpaired) electrons. The van der Waals surface area contributed by atoms with Gasteiger partial charge in [0.2, 0.25) is 5.66 Å². The van der Waals surface area contributed by atoms with Crippen molar-refractivity contribution in [2.45, 2.75) is 30.2 Å². The molecule has 6 N–H and O–H groups in total. The van der Waals surface area contributed by atoms with Gasteiger partial charge < -0.3 is 34.8 Å². The minimum Gasteiger partial charge on any atom is -0.460 e. The van der Waals surface area contributed by atoms with Crippen molar-refractivity contribution in [1.82, 2.24) is 10.2 Å². The van der Waals surface area contributed by atoms with Gasteiger partial charge >= 0.3 is 12.0 Å². The SMILES string of the molecule is COCCOC(=O)C1(N)C=CN([C@@H]2O[C@H](CO)[C@@H](O)[C@H]2O)C(=O)N1. The highest BCUT2D eigenvalue weighted by molar-refractivity contribution is 5.90. The average Bonchev–Trinajstić information content (AvgIpc) is 2.83. The van der Waals surface area contributed by atoms with E-state index >= 15 is 0 Å². The molecule has 0 bridgehead atoms. The van der Waals surface area contributed by atoms with Crippen LogP contribution in [0.25, 0.3) is 0 Å².